The van der Waals surface area contributed by atoms with Crippen LogP contribution in [-0.4, -0.2) is 47.6 Å². The van der Waals surface area contributed by atoms with E-state index in [1.54, 1.807) is 0 Å². The Bertz CT molecular complexity index is 1210. The van der Waals surface area contributed by atoms with Gasteiger partial charge in [-0.3, -0.25) is 4.79 Å². The van der Waals surface area contributed by atoms with E-state index in [0.29, 0.717) is 24.9 Å². The minimum Gasteiger partial charge on any atom is -0.492 e. The molecule has 0 spiro atoms. The number of aromatic nitrogens is 1. The first-order valence-corrected chi connectivity index (χ1v) is 10.6. The number of fused-ring (bicyclic) bond motifs is 4. The van der Waals surface area contributed by atoms with E-state index in [0.717, 1.165) is 25.1 Å². The zero-order chi connectivity index (χ0) is 21.8. The summed E-state index contributed by atoms with van der Waals surface area (Å²) in [6.07, 6.45) is 2.26. The van der Waals surface area contributed by atoms with Crippen molar-refractivity contribution < 1.29 is 23.4 Å². The molecule has 9 heteroatoms. The van der Waals surface area contributed by atoms with Gasteiger partial charge in [-0.05, 0) is 36.7 Å². The summed E-state index contributed by atoms with van der Waals surface area (Å²) in [6.45, 7) is 1.24. The highest BCUT2D eigenvalue weighted by atomic mass is 19.1. The number of methoxy groups -OCH3 is 1. The van der Waals surface area contributed by atoms with E-state index in [9.17, 15) is 19.1 Å². The lowest BCUT2D eigenvalue weighted by atomic mass is 9.92. The van der Waals surface area contributed by atoms with Crippen LogP contribution < -0.4 is 20.8 Å². The quantitative estimate of drug-likeness (QED) is 0.771. The third-order valence-corrected chi connectivity index (χ3v) is 7.91. The fraction of sp³-hybridized carbons (Fsp3) is 0.545. The molecule has 4 fully saturated rings. The maximum Gasteiger partial charge on any atom is 0.341 e. The molecule has 4 aliphatic rings. The molecule has 7 nitrogen and oxygen atoms in total. The number of hydrogen-bond donors (Lipinski definition) is 2. The van der Waals surface area contributed by atoms with Crippen molar-refractivity contribution in [3.63, 3.8) is 0 Å². The molecule has 3 aliphatic carbocycles. The van der Waals surface area contributed by atoms with Crippen LogP contribution in [0.3, 0.4) is 0 Å². The molecule has 164 valence electrons. The molecule has 6 rings (SSSR count). The van der Waals surface area contributed by atoms with Crippen LogP contribution in [0.1, 0.15) is 35.7 Å². The number of nitrogens with zero attached hydrogens (tertiary/aromatic N) is 2. The Morgan fingerprint density at radius 3 is 2.71 bits per heavy atom. The van der Waals surface area contributed by atoms with Crippen LogP contribution in [0.15, 0.2) is 17.1 Å². The molecule has 4 unspecified atom stereocenters. The molecule has 6 atom stereocenters. The van der Waals surface area contributed by atoms with Gasteiger partial charge in [-0.1, -0.05) is 0 Å². The maximum absolute atomic E-state index is 15.4. The molecule has 3 saturated carbocycles. The smallest absolute Gasteiger partial charge is 0.341 e. The molecule has 1 aromatic heterocycles. The summed E-state index contributed by atoms with van der Waals surface area (Å²) in [5, 5.41) is 9.32. The lowest BCUT2D eigenvalue weighted by molar-refractivity contribution is 0.0694. The number of pyridine rings is 1. The lowest BCUT2D eigenvalue weighted by Crippen LogP contribution is -2.35. The Morgan fingerprint density at radius 2 is 2.10 bits per heavy atom. The predicted molar refractivity (Wildman–Crippen MR) is 109 cm³/mol. The maximum atomic E-state index is 15.4. The summed E-state index contributed by atoms with van der Waals surface area (Å²) in [4.78, 5) is 26.3. The lowest BCUT2D eigenvalue weighted by Gasteiger charge is -2.26. The van der Waals surface area contributed by atoms with Gasteiger partial charge in [0.1, 0.15) is 17.4 Å². The summed E-state index contributed by atoms with van der Waals surface area (Å²) in [7, 11) is 1.38. The Morgan fingerprint density at radius 1 is 1.35 bits per heavy atom. The number of carboxylic acid groups (broad SMARTS) is 1. The Hall–Kier alpha value is -2.68. The molecule has 2 aromatic rings. The number of halogens is 2. The Kier molecular flexibility index (Phi) is 3.66. The van der Waals surface area contributed by atoms with E-state index in [4.69, 9.17) is 10.5 Å². The van der Waals surface area contributed by atoms with Gasteiger partial charge in [0.25, 0.3) is 0 Å². The number of benzene rings is 1. The molecule has 1 saturated heterocycles. The van der Waals surface area contributed by atoms with Crippen LogP contribution in [0.4, 0.5) is 14.5 Å². The van der Waals surface area contributed by atoms with Crippen molar-refractivity contribution in [2.75, 3.05) is 25.1 Å². The second-order valence-corrected chi connectivity index (χ2v) is 9.56. The highest BCUT2D eigenvalue weighted by Gasteiger charge is 2.66. The third-order valence-electron chi connectivity index (χ3n) is 7.91. The second kappa shape index (κ2) is 5.97. The molecule has 1 aliphatic heterocycles. The van der Waals surface area contributed by atoms with Crippen molar-refractivity contribution in [3.05, 3.63) is 33.9 Å². The zero-order valence-corrected chi connectivity index (χ0v) is 17.0. The number of hydrogen-bond acceptors (Lipinski definition) is 5. The van der Waals surface area contributed by atoms with Crippen LogP contribution in [0.2, 0.25) is 0 Å². The number of alkyl halides is 1. The molecule has 0 amide bonds. The van der Waals surface area contributed by atoms with Gasteiger partial charge in [-0.25, -0.2) is 13.6 Å². The van der Waals surface area contributed by atoms with Gasteiger partial charge in [-0.15, -0.1) is 0 Å². The van der Waals surface area contributed by atoms with Gasteiger partial charge in [-0.2, -0.15) is 0 Å². The van der Waals surface area contributed by atoms with Crippen molar-refractivity contribution in [2.24, 2.45) is 23.5 Å². The molecule has 0 radical (unpaired) electrons. The SMILES string of the molecule is COc1c(N2CC3CC4CC4(N)C3C2)c(F)cc2c(=O)c(C(=O)O)cn([C@@H]3C[C@@H]3F)c12. The van der Waals surface area contributed by atoms with Gasteiger partial charge in [0, 0.05) is 31.2 Å². The number of ether oxygens (including phenoxy) is 1. The van der Waals surface area contributed by atoms with E-state index in [2.05, 4.69) is 0 Å². The Labute approximate surface area is 176 Å². The predicted octanol–water partition coefficient (Wildman–Crippen LogP) is 2.30. The molecular formula is C22H23F2N3O4. The molecule has 2 heterocycles. The minimum absolute atomic E-state index is 0.117. The van der Waals surface area contributed by atoms with Crippen LogP contribution in [0, 0.1) is 23.6 Å². The van der Waals surface area contributed by atoms with Crippen molar-refractivity contribution in [1.82, 2.24) is 4.57 Å². The van der Waals surface area contributed by atoms with E-state index in [-0.39, 0.29) is 40.2 Å². The topological polar surface area (TPSA) is 97.8 Å². The van der Waals surface area contributed by atoms with Crippen LogP contribution in [0.5, 0.6) is 5.75 Å². The fourth-order valence-corrected chi connectivity index (χ4v) is 6.18. The van der Waals surface area contributed by atoms with Crippen LogP contribution in [-0.2, 0) is 0 Å². The van der Waals surface area contributed by atoms with Crippen molar-refractivity contribution in [1.29, 1.82) is 0 Å². The van der Waals surface area contributed by atoms with E-state index in [1.807, 2.05) is 4.90 Å². The standard InChI is InChI=1S/C22H23F2N3O4/c1-31-20-17-11(19(28)12(21(29)30)7-27(17)16-4-14(16)23)3-15(24)18(20)26-6-9-2-10-5-22(10,25)13(9)8-26/h3,7,9-10,13-14,16H,2,4-6,8,25H2,1H3,(H,29,30)/t9?,10?,13?,14-,16+,22?/m0/s1. The highest BCUT2D eigenvalue weighted by Crippen LogP contribution is 2.62. The van der Waals surface area contributed by atoms with Gasteiger partial charge in [0.05, 0.1) is 24.1 Å². The Balaban J connectivity index is 1.55. The van der Waals surface area contributed by atoms with Crippen LogP contribution >= 0.6 is 0 Å². The third kappa shape index (κ3) is 2.46. The van der Waals surface area contributed by atoms with E-state index in [1.165, 1.54) is 11.7 Å². The average molecular weight is 431 g/mol. The monoisotopic (exact) mass is 431 g/mol. The first-order valence-electron chi connectivity index (χ1n) is 10.6. The summed E-state index contributed by atoms with van der Waals surface area (Å²) >= 11 is 0. The number of carbonyl (C=O) groups is 1. The largest absolute Gasteiger partial charge is 0.492 e. The molecule has 0 bridgehead atoms. The molecule has 31 heavy (non-hydrogen) atoms. The van der Waals surface area contributed by atoms with Crippen molar-refractivity contribution in [3.8, 4) is 5.75 Å². The van der Waals surface area contributed by atoms with Gasteiger partial charge in [0.2, 0.25) is 5.43 Å². The van der Waals surface area contributed by atoms with Crippen molar-refractivity contribution in [2.45, 2.75) is 37.0 Å². The molecular weight excluding hydrogens is 408 g/mol. The number of aromatic carboxylic acids is 1. The van der Waals surface area contributed by atoms with Crippen LogP contribution in [0.25, 0.3) is 10.9 Å². The first kappa shape index (κ1) is 19.0. The van der Waals surface area contributed by atoms with Crippen molar-refractivity contribution >= 4 is 22.6 Å². The number of carboxylic acids is 1. The fourth-order valence-electron chi connectivity index (χ4n) is 6.18. The van der Waals surface area contributed by atoms with Gasteiger partial charge in [0.15, 0.2) is 11.6 Å². The zero-order valence-electron chi connectivity index (χ0n) is 17.0. The normalized spacial score (nSPS) is 35.2. The summed E-state index contributed by atoms with van der Waals surface area (Å²) in [6, 6.07) is 0.464. The average Bonchev–Trinajstić information content (AvgIpc) is 3.50. The molecule has 1 aromatic carbocycles. The summed E-state index contributed by atoms with van der Waals surface area (Å²) < 4.78 is 36.5. The number of rotatable bonds is 4. The number of nitrogens with two attached hydrogens (primary N) is 1. The van der Waals surface area contributed by atoms with E-state index >= 15 is 4.39 Å². The van der Waals surface area contributed by atoms with Gasteiger partial charge < -0.3 is 25.0 Å². The van der Waals surface area contributed by atoms with E-state index < -0.39 is 35.0 Å². The summed E-state index contributed by atoms with van der Waals surface area (Å²) in [5.74, 6) is -0.710. The first-order chi connectivity index (χ1) is 14.7. The van der Waals surface area contributed by atoms with Gasteiger partial charge >= 0.3 is 5.97 Å². The highest BCUT2D eigenvalue weighted by molar-refractivity contribution is 5.97. The minimum atomic E-state index is -1.43. The second-order valence-electron chi connectivity index (χ2n) is 9.56. The number of anilines is 1. The molecule has 3 N–H and O–H groups in total. The summed E-state index contributed by atoms with van der Waals surface area (Å²) in [5.41, 5.74) is 5.53.